The van der Waals surface area contributed by atoms with Crippen molar-refractivity contribution in [2.75, 3.05) is 24.8 Å². The molecule has 0 atom stereocenters. The third kappa shape index (κ3) is 5.91. The van der Waals surface area contributed by atoms with E-state index in [1.807, 2.05) is 0 Å². The second kappa shape index (κ2) is 10.7. The zero-order chi connectivity index (χ0) is 24.9. The predicted molar refractivity (Wildman–Crippen MR) is 120 cm³/mol. The molecule has 3 rings (SSSR count). The van der Waals surface area contributed by atoms with Gasteiger partial charge in [-0.3, -0.25) is 24.3 Å². The molecule has 2 aromatic carbocycles. The Morgan fingerprint density at radius 3 is 2.68 bits per heavy atom. The van der Waals surface area contributed by atoms with Gasteiger partial charge in [0.05, 0.1) is 32.8 Å². The van der Waals surface area contributed by atoms with Crippen LogP contribution in [0.25, 0.3) is 10.9 Å². The number of ether oxygens (including phenoxy) is 1. The number of thioether (sulfide) groups is 1. The number of amides is 1. The van der Waals surface area contributed by atoms with Crippen LogP contribution < -0.4 is 10.9 Å². The van der Waals surface area contributed by atoms with Gasteiger partial charge in [0, 0.05) is 32.4 Å². The predicted octanol–water partition coefficient (Wildman–Crippen LogP) is 4.09. The van der Waals surface area contributed by atoms with Crippen molar-refractivity contribution in [1.29, 1.82) is 0 Å². The Labute approximate surface area is 195 Å². The van der Waals surface area contributed by atoms with Crippen LogP contribution in [-0.2, 0) is 22.3 Å². The van der Waals surface area contributed by atoms with Gasteiger partial charge in [0.15, 0.2) is 5.16 Å². The van der Waals surface area contributed by atoms with Crippen molar-refractivity contribution in [3.8, 4) is 0 Å². The molecule has 0 bridgehead atoms. The lowest BCUT2D eigenvalue weighted by Crippen LogP contribution is -2.25. The van der Waals surface area contributed by atoms with Gasteiger partial charge in [-0.2, -0.15) is 13.2 Å². The van der Waals surface area contributed by atoms with Gasteiger partial charge < -0.3 is 10.1 Å². The first-order valence-electron chi connectivity index (χ1n) is 9.88. The van der Waals surface area contributed by atoms with Crippen molar-refractivity contribution >= 4 is 39.9 Å². The summed E-state index contributed by atoms with van der Waals surface area (Å²) in [6.07, 6.45) is -4.41. The fraction of sp³-hybridized carbons (Fsp3) is 0.286. The SMILES string of the molecule is COCCCn1c(SCC(=O)Nc2ccc([N+](=O)[O-])cc2C(F)(F)F)nc2ccccc2c1=O. The van der Waals surface area contributed by atoms with Crippen molar-refractivity contribution in [3.63, 3.8) is 0 Å². The molecule has 34 heavy (non-hydrogen) atoms. The third-order valence-corrected chi connectivity index (χ3v) is 5.66. The molecule has 0 saturated heterocycles. The summed E-state index contributed by atoms with van der Waals surface area (Å²) in [7, 11) is 1.52. The number of nitro groups is 1. The number of rotatable bonds is 9. The molecule has 0 spiro atoms. The molecule has 1 amide bonds. The molecule has 0 fully saturated rings. The number of nitrogens with zero attached hydrogens (tertiary/aromatic N) is 3. The summed E-state index contributed by atoms with van der Waals surface area (Å²) in [4.78, 5) is 39.6. The molecule has 0 radical (unpaired) electrons. The lowest BCUT2D eigenvalue weighted by Gasteiger charge is -2.15. The molecule has 1 aromatic heterocycles. The Morgan fingerprint density at radius 1 is 1.26 bits per heavy atom. The van der Waals surface area contributed by atoms with E-state index in [1.165, 1.54) is 11.7 Å². The van der Waals surface area contributed by atoms with E-state index < -0.39 is 33.9 Å². The first-order valence-corrected chi connectivity index (χ1v) is 10.9. The number of non-ortho nitro benzene ring substituents is 1. The summed E-state index contributed by atoms with van der Waals surface area (Å²) in [6, 6.07) is 8.75. The van der Waals surface area contributed by atoms with E-state index in [-0.39, 0.29) is 23.0 Å². The van der Waals surface area contributed by atoms with Gasteiger partial charge in [-0.1, -0.05) is 23.9 Å². The van der Waals surface area contributed by atoms with Gasteiger partial charge in [-0.15, -0.1) is 0 Å². The highest BCUT2D eigenvalue weighted by Crippen LogP contribution is 2.37. The number of benzene rings is 2. The van der Waals surface area contributed by atoms with Crippen molar-refractivity contribution in [3.05, 3.63) is 68.5 Å². The Hall–Kier alpha value is -3.45. The van der Waals surface area contributed by atoms with E-state index in [9.17, 15) is 32.9 Å². The molecular formula is C21H19F3N4O5S. The summed E-state index contributed by atoms with van der Waals surface area (Å²) in [5.41, 5.74) is -2.57. The fourth-order valence-electron chi connectivity index (χ4n) is 3.13. The Morgan fingerprint density at radius 2 is 2.00 bits per heavy atom. The molecule has 0 saturated carbocycles. The van der Waals surface area contributed by atoms with Crippen LogP contribution in [0.1, 0.15) is 12.0 Å². The number of carbonyl (C=O) groups excluding carboxylic acids is 1. The Bertz CT molecular complexity index is 1280. The number of nitrogens with one attached hydrogen (secondary N) is 1. The van der Waals surface area contributed by atoms with Crippen molar-refractivity contribution in [2.45, 2.75) is 24.3 Å². The van der Waals surface area contributed by atoms with Gasteiger partial charge in [0.1, 0.15) is 0 Å². The number of halogens is 3. The molecule has 0 aliphatic carbocycles. The van der Waals surface area contributed by atoms with Gasteiger partial charge in [0.2, 0.25) is 5.91 Å². The first-order chi connectivity index (χ1) is 16.1. The quantitative estimate of drug-likeness (QED) is 0.156. The van der Waals surface area contributed by atoms with E-state index in [0.717, 1.165) is 23.9 Å². The average Bonchev–Trinajstić information content (AvgIpc) is 2.79. The normalized spacial score (nSPS) is 11.5. The number of anilines is 1. The van der Waals surface area contributed by atoms with Crippen LogP contribution in [0.3, 0.4) is 0 Å². The summed E-state index contributed by atoms with van der Waals surface area (Å²) in [5, 5.41) is 13.6. The smallest absolute Gasteiger partial charge is 0.385 e. The number of hydrogen-bond acceptors (Lipinski definition) is 7. The van der Waals surface area contributed by atoms with Crippen LogP contribution >= 0.6 is 11.8 Å². The summed E-state index contributed by atoms with van der Waals surface area (Å²) in [5.74, 6) is -1.14. The van der Waals surface area contributed by atoms with Crippen LogP contribution in [0.15, 0.2) is 52.4 Å². The lowest BCUT2D eigenvalue weighted by atomic mass is 10.1. The number of fused-ring (bicyclic) bond motifs is 1. The van der Waals surface area contributed by atoms with E-state index in [2.05, 4.69) is 10.3 Å². The van der Waals surface area contributed by atoms with Crippen molar-refractivity contribution in [2.24, 2.45) is 0 Å². The van der Waals surface area contributed by atoms with E-state index >= 15 is 0 Å². The van der Waals surface area contributed by atoms with Crippen LogP contribution in [0.4, 0.5) is 24.5 Å². The molecule has 0 aliphatic heterocycles. The summed E-state index contributed by atoms with van der Waals surface area (Å²) in [6.45, 7) is 0.666. The van der Waals surface area contributed by atoms with E-state index in [1.54, 1.807) is 24.3 Å². The second-order valence-corrected chi connectivity index (χ2v) is 7.98. The molecular weight excluding hydrogens is 477 g/mol. The second-order valence-electron chi connectivity index (χ2n) is 7.04. The molecule has 3 aromatic rings. The topological polar surface area (TPSA) is 116 Å². The number of alkyl halides is 3. The molecule has 9 nitrogen and oxygen atoms in total. The molecule has 0 unspecified atom stereocenters. The van der Waals surface area contributed by atoms with Crippen LogP contribution in [0.5, 0.6) is 0 Å². The van der Waals surface area contributed by atoms with Crippen LogP contribution in [0, 0.1) is 10.1 Å². The van der Waals surface area contributed by atoms with Gasteiger partial charge in [-0.25, -0.2) is 4.98 Å². The van der Waals surface area contributed by atoms with E-state index in [4.69, 9.17) is 4.74 Å². The lowest BCUT2D eigenvalue weighted by molar-refractivity contribution is -0.385. The standard InChI is InChI=1S/C21H19F3N4O5S/c1-33-10-4-9-27-19(30)14-5-2-3-6-16(14)26-20(27)34-12-18(29)25-17-8-7-13(28(31)32)11-15(17)21(22,23)24/h2-3,5-8,11H,4,9-10,12H2,1H3,(H,25,29). The zero-order valence-electron chi connectivity index (χ0n) is 17.8. The third-order valence-electron chi connectivity index (χ3n) is 4.68. The maximum Gasteiger partial charge on any atom is 0.418 e. The van der Waals surface area contributed by atoms with Crippen LogP contribution in [-0.4, -0.2) is 39.9 Å². The summed E-state index contributed by atoms with van der Waals surface area (Å²) < 4.78 is 46.5. The minimum atomic E-state index is -4.91. The highest BCUT2D eigenvalue weighted by Gasteiger charge is 2.35. The number of hydrogen-bond donors (Lipinski definition) is 1. The molecule has 0 aliphatic rings. The molecule has 1 heterocycles. The number of para-hydroxylation sites is 1. The highest BCUT2D eigenvalue weighted by atomic mass is 32.2. The monoisotopic (exact) mass is 496 g/mol. The Balaban J connectivity index is 1.83. The first kappa shape index (κ1) is 25.2. The Kier molecular flexibility index (Phi) is 7.89. The van der Waals surface area contributed by atoms with Crippen molar-refractivity contribution in [1.82, 2.24) is 9.55 Å². The number of methoxy groups -OCH3 is 1. The molecule has 180 valence electrons. The van der Waals surface area contributed by atoms with E-state index in [0.29, 0.717) is 30.0 Å². The maximum absolute atomic E-state index is 13.3. The van der Waals surface area contributed by atoms with Gasteiger partial charge in [0.25, 0.3) is 11.2 Å². The largest absolute Gasteiger partial charge is 0.418 e. The number of carbonyl (C=O) groups is 1. The fourth-order valence-corrected chi connectivity index (χ4v) is 3.95. The van der Waals surface area contributed by atoms with Gasteiger partial charge in [-0.05, 0) is 24.6 Å². The average molecular weight is 496 g/mol. The van der Waals surface area contributed by atoms with Gasteiger partial charge >= 0.3 is 6.18 Å². The number of nitro benzene ring substituents is 1. The minimum Gasteiger partial charge on any atom is -0.385 e. The maximum atomic E-state index is 13.3. The van der Waals surface area contributed by atoms with Crippen LogP contribution in [0.2, 0.25) is 0 Å². The molecule has 13 heteroatoms. The van der Waals surface area contributed by atoms with Crippen molar-refractivity contribution < 1.29 is 27.6 Å². The molecule has 1 N–H and O–H groups in total. The summed E-state index contributed by atoms with van der Waals surface area (Å²) >= 11 is 0.892. The number of aromatic nitrogens is 2. The minimum absolute atomic E-state index is 0.231. The zero-order valence-corrected chi connectivity index (χ0v) is 18.6. The highest BCUT2D eigenvalue weighted by molar-refractivity contribution is 7.99.